The minimum Gasteiger partial charge on any atom is -0.356 e. The summed E-state index contributed by atoms with van der Waals surface area (Å²) in [5, 5.41) is 2.96. The van der Waals surface area contributed by atoms with Crippen LogP contribution in [0.5, 0.6) is 0 Å². The number of hydrogen-bond acceptors (Lipinski definition) is 5. The zero-order valence-electron chi connectivity index (χ0n) is 13.0. The summed E-state index contributed by atoms with van der Waals surface area (Å²) < 4.78 is 39.6. The van der Waals surface area contributed by atoms with E-state index in [9.17, 15) is 13.2 Å². The van der Waals surface area contributed by atoms with Gasteiger partial charge in [-0.15, -0.1) is 0 Å². The van der Waals surface area contributed by atoms with Gasteiger partial charge in [0.15, 0.2) is 5.82 Å². The van der Waals surface area contributed by atoms with Crippen LogP contribution in [0.1, 0.15) is 13.8 Å². The Bertz CT molecular complexity index is 862. The molecule has 0 aliphatic carbocycles. The van der Waals surface area contributed by atoms with Crippen LogP contribution >= 0.6 is 0 Å². The lowest BCUT2D eigenvalue weighted by molar-refractivity contribution is -0.168. The molecule has 3 aromatic heterocycles. The second-order valence-corrected chi connectivity index (χ2v) is 5.77. The quantitative estimate of drug-likeness (QED) is 0.789. The number of pyridine rings is 2. The number of alkyl halides is 3. The zero-order chi connectivity index (χ0) is 17.4. The lowest BCUT2D eigenvalue weighted by Crippen LogP contribution is -2.46. The Balaban J connectivity index is 2.16. The van der Waals surface area contributed by atoms with Crippen molar-refractivity contribution >= 4 is 16.7 Å². The van der Waals surface area contributed by atoms with Gasteiger partial charge in [0.2, 0.25) is 0 Å². The maximum atomic E-state index is 13.2. The molecule has 0 spiro atoms. The zero-order valence-corrected chi connectivity index (χ0v) is 13.0. The first-order chi connectivity index (χ1) is 11.3. The Morgan fingerprint density at radius 3 is 2.25 bits per heavy atom. The molecule has 0 atom stereocenters. The summed E-state index contributed by atoms with van der Waals surface area (Å²) in [5.41, 5.74) is -1.03. The number of rotatable bonds is 3. The minimum atomic E-state index is -4.44. The maximum absolute atomic E-state index is 13.2. The van der Waals surface area contributed by atoms with Gasteiger partial charge in [-0.05, 0) is 32.0 Å². The molecule has 0 amide bonds. The van der Waals surface area contributed by atoms with Gasteiger partial charge in [0.1, 0.15) is 11.4 Å². The van der Waals surface area contributed by atoms with Crippen LogP contribution in [0.2, 0.25) is 0 Å². The number of aromatic nitrogens is 4. The van der Waals surface area contributed by atoms with Crippen LogP contribution in [-0.4, -0.2) is 31.7 Å². The number of nitrogens with one attached hydrogen (secondary N) is 1. The summed E-state index contributed by atoms with van der Waals surface area (Å²) in [4.78, 5) is 16.6. The van der Waals surface area contributed by atoms with Crippen LogP contribution in [0, 0.1) is 0 Å². The number of fused-ring (bicyclic) bond motifs is 1. The molecule has 0 aliphatic heterocycles. The molecule has 5 nitrogen and oxygen atoms in total. The van der Waals surface area contributed by atoms with Gasteiger partial charge < -0.3 is 5.32 Å². The summed E-state index contributed by atoms with van der Waals surface area (Å²) in [6, 6.07) is 4.97. The third-order valence-electron chi connectivity index (χ3n) is 3.58. The van der Waals surface area contributed by atoms with E-state index in [0.29, 0.717) is 22.3 Å². The van der Waals surface area contributed by atoms with Gasteiger partial charge >= 0.3 is 6.18 Å². The molecule has 0 saturated heterocycles. The molecule has 124 valence electrons. The fraction of sp³-hybridized carbons (Fsp3) is 0.250. The normalized spacial score (nSPS) is 12.4. The lowest BCUT2D eigenvalue weighted by Gasteiger charge is -2.30. The number of halogens is 3. The van der Waals surface area contributed by atoms with Gasteiger partial charge in [-0.2, -0.15) is 13.2 Å². The van der Waals surface area contributed by atoms with Crippen molar-refractivity contribution in [2.45, 2.75) is 25.6 Å². The van der Waals surface area contributed by atoms with Gasteiger partial charge in [0, 0.05) is 29.5 Å². The van der Waals surface area contributed by atoms with Crippen LogP contribution in [-0.2, 0) is 0 Å². The SMILES string of the molecule is CC(C)(Nc1nc(-c2ccncc2)nc2cnccc12)C(F)(F)F. The first-order valence-corrected chi connectivity index (χ1v) is 7.15. The van der Waals surface area contributed by atoms with Crippen molar-refractivity contribution in [3.8, 4) is 11.4 Å². The summed E-state index contributed by atoms with van der Waals surface area (Å²) >= 11 is 0. The Morgan fingerprint density at radius 1 is 0.917 bits per heavy atom. The largest absolute Gasteiger partial charge is 0.410 e. The highest BCUT2D eigenvalue weighted by Gasteiger charge is 2.47. The highest BCUT2D eigenvalue weighted by molar-refractivity contribution is 5.90. The molecule has 3 aromatic rings. The van der Waals surface area contributed by atoms with Crippen LogP contribution in [0.25, 0.3) is 22.3 Å². The Labute approximate surface area is 136 Å². The molecule has 0 radical (unpaired) electrons. The fourth-order valence-corrected chi connectivity index (χ4v) is 2.07. The van der Waals surface area contributed by atoms with Crippen LogP contribution in [0.4, 0.5) is 19.0 Å². The van der Waals surface area contributed by atoms with E-state index in [1.54, 1.807) is 30.6 Å². The number of anilines is 1. The van der Waals surface area contributed by atoms with Crippen molar-refractivity contribution in [2.75, 3.05) is 5.32 Å². The maximum Gasteiger partial charge on any atom is 0.410 e. The van der Waals surface area contributed by atoms with Gasteiger partial charge in [0.05, 0.1) is 11.7 Å². The average Bonchev–Trinajstić information content (AvgIpc) is 2.54. The van der Waals surface area contributed by atoms with Crippen molar-refractivity contribution in [1.82, 2.24) is 19.9 Å². The first-order valence-electron chi connectivity index (χ1n) is 7.15. The molecular weight excluding hydrogens is 319 g/mol. The lowest BCUT2D eigenvalue weighted by atomic mass is 10.0. The van der Waals surface area contributed by atoms with Crippen molar-refractivity contribution in [1.29, 1.82) is 0 Å². The van der Waals surface area contributed by atoms with Crippen molar-refractivity contribution in [3.05, 3.63) is 43.0 Å². The summed E-state index contributed by atoms with van der Waals surface area (Å²) in [5.74, 6) is 0.412. The van der Waals surface area contributed by atoms with E-state index in [2.05, 4.69) is 25.3 Å². The first kappa shape index (κ1) is 16.1. The predicted octanol–water partition coefficient (Wildman–Crippen LogP) is 3.84. The molecule has 3 heterocycles. The van der Waals surface area contributed by atoms with E-state index in [1.807, 2.05) is 0 Å². The van der Waals surface area contributed by atoms with Crippen molar-refractivity contribution in [3.63, 3.8) is 0 Å². The average molecular weight is 333 g/mol. The van der Waals surface area contributed by atoms with E-state index in [4.69, 9.17) is 0 Å². The van der Waals surface area contributed by atoms with Crippen LogP contribution in [0.3, 0.4) is 0 Å². The molecular formula is C16H14F3N5. The molecule has 24 heavy (non-hydrogen) atoms. The predicted molar refractivity (Wildman–Crippen MR) is 84.3 cm³/mol. The summed E-state index contributed by atoms with van der Waals surface area (Å²) in [6.07, 6.45) is 1.68. The highest BCUT2D eigenvalue weighted by atomic mass is 19.4. The van der Waals surface area contributed by atoms with E-state index in [1.165, 1.54) is 12.4 Å². The third-order valence-corrected chi connectivity index (χ3v) is 3.58. The highest BCUT2D eigenvalue weighted by Crippen LogP contribution is 2.34. The van der Waals surface area contributed by atoms with Gasteiger partial charge in [-0.1, -0.05) is 0 Å². The van der Waals surface area contributed by atoms with Crippen LogP contribution < -0.4 is 5.32 Å². The number of nitrogens with zero attached hydrogens (tertiary/aromatic N) is 4. The molecule has 0 bridgehead atoms. The van der Waals surface area contributed by atoms with E-state index >= 15 is 0 Å². The Hall–Kier alpha value is -2.77. The standard InChI is InChI=1S/C16H14F3N5/c1-15(2,16(17,18)19)24-14-11-5-8-21-9-12(11)22-13(23-14)10-3-6-20-7-4-10/h3-9H,1-2H3,(H,22,23,24). The minimum absolute atomic E-state index is 0.108. The van der Waals surface area contributed by atoms with Gasteiger partial charge in [0.25, 0.3) is 0 Å². The van der Waals surface area contributed by atoms with Crippen LogP contribution in [0.15, 0.2) is 43.0 Å². The monoisotopic (exact) mass is 333 g/mol. The molecule has 0 aromatic carbocycles. The second-order valence-electron chi connectivity index (χ2n) is 5.77. The fourth-order valence-electron chi connectivity index (χ4n) is 2.07. The van der Waals surface area contributed by atoms with E-state index < -0.39 is 11.7 Å². The molecule has 1 N–H and O–H groups in total. The van der Waals surface area contributed by atoms with E-state index in [-0.39, 0.29) is 5.82 Å². The summed E-state index contributed by atoms with van der Waals surface area (Å²) in [7, 11) is 0. The molecule has 0 fully saturated rings. The molecule has 0 unspecified atom stereocenters. The van der Waals surface area contributed by atoms with Crippen molar-refractivity contribution in [2.24, 2.45) is 0 Å². The molecule has 0 saturated carbocycles. The van der Waals surface area contributed by atoms with Gasteiger partial charge in [-0.25, -0.2) is 9.97 Å². The topological polar surface area (TPSA) is 63.6 Å². The molecule has 3 rings (SSSR count). The van der Waals surface area contributed by atoms with E-state index in [0.717, 1.165) is 13.8 Å². The Kier molecular flexibility index (Phi) is 3.82. The smallest absolute Gasteiger partial charge is 0.356 e. The molecule has 0 aliphatic rings. The third kappa shape index (κ3) is 2.99. The second kappa shape index (κ2) is 5.70. The number of hydrogen-bond donors (Lipinski definition) is 1. The Morgan fingerprint density at radius 2 is 1.58 bits per heavy atom. The molecule has 8 heteroatoms. The van der Waals surface area contributed by atoms with Gasteiger partial charge in [-0.3, -0.25) is 9.97 Å². The summed E-state index contributed by atoms with van der Waals surface area (Å²) in [6.45, 7) is 2.13. The van der Waals surface area contributed by atoms with Crippen molar-refractivity contribution < 1.29 is 13.2 Å².